The molecule has 1 aromatic heterocycles. The second-order valence-electron chi connectivity index (χ2n) is 7.07. The van der Waals surface area contributed by atoms with Crippen LogP contribution in [-0.4, -0.2) is 42.0 Å². The first kappa shape index (κ1) is 16.3. The number of fused-ring (bicyclic) bond motifs is 1. The Kier molecular flexibility index (Phi) is 4.10. The lowest BCUT2D eigenvalue weighted by atomic mass is 9.58. The van der Waals surface area contributed by atoms with Gasteiger partial charge in [0.25, 0.3) is 0 Å². The monoisotopic (exact) mass is 337 g/mol. The highest BCUT2D eigenvalue weighted by Crippen LogP contribution is 2.51. The number of anilines is 1. The van der Waals surface area contributed by atoms with E-state index < -0.39 is 0 Å². The van der Waals surface area contributed by atoms with Crippen molar-refractivity contribution in [2.45, 2.75) is 38.4 Å². The maximum absolute atomic E-state index is 10.4. The van der Waals surface area contributed by atoms with Gasteiger partial charge in [-0.3, -0.25) is 4.98 Å². The van der Waals surface area contributed by atoms with E-state index in [1.54, 1.807) is 6.20 Å². The van der Waals surface area contributed by atoms with E-state index in [9.17, 15) is 10.4 Å². The van der Waals surface area contributed by atoms with Crippen LogP contribution in [0.2, 0.25) is 0 Å². The topological polar surface area (TPSA) is 69.4 Å². The van der Waals surface area contributed by atoms with Crippen LogP contribution in [0, 0.1) is 16.7 Å². The minimum absolute atomic E-state index is 0.109. The molecule has 1 saturated heterocycles. The molecule has 130 valence electrons. The molecule has 25 heavy (non-hydrogen) atoms. The number of pyridine rings is 1. The van der Waals surface area contributed by atoms with Gasteiger partial charge in [-0.2, -0.15) is 5.26 Å². The molecular weight excluding hydrogens is 314 g/mol. The van der Waals surface area contributed by atoms with Crippen molar-refractivity contribution in [2.24, 2.45) is 5.41 Å². The molecule has 2 unspecified atom stereocenters. The summed E-state index contributed by atoms with van der Waals surface area (Å²) < 4.78 is 5.86. The van der Waals surface area contributed by atoms with Crippen LogP contribution in [0.1, 0.15) is 31.7 Å². The molecular formula is C20H23N3O2. The maximum atomic E-state index is 10.4. The van der Waals surface area contributed by atoms with Crippen molar-refractivity contribution in [2.75, 3.05) is 24.6 Å². The summed E-state index contributed by atoms with van der Waals surface area (Å²) in [6.07, 6.45) is 4.09. The average molecular weight is 337 g/mol. The summed E-state index contributed by atoms with van der Waals surface area (Å²) in [5.74, 6) is 0. The molecule has 1 saturated carbocycles. The van der Waals surface area contributed by atoms with E-state index in [0.717, 1.165) is 48.9 Å². The molecule has 5 nitrogen and oxygen atoms in total. The van der Waals surface area contributed by atoms with E-state index in [1.807, 2.05) is 31.2 Å². The summed E-state index contributed by atoms with van der Waals surface area (Å²) in [6, 6.07) is 10.3. The predicted molar refractivity (Wildman–Crippen MR) is 96.4 cm³/mol. The fraction of sp³-hybridized carbons (Fsp3) is 0.500. The van der Waals surface area contributed by atoms with Crippen LogP contribution in [0.3, 0.4) is 0 Å². The Morgan fingerprint density at radius 1 is 1.36 bits per heavy atom. The molecule has 0 amide bonds. The maximum Gasteiger partial charge on any atom is 0.103 e. The molecule has 2 aliphatic rings. The number of rotatable bonds is 3. The van der Waals surface area contributed by atoms with Gasteiger partial charge in [0.05, 0.1) is 29.0 Å². The number of ether oxygens (including phenoxy) is 1. The largest absolute Gasteiger partial charge is 0.392 e. The fourth-order valence-electron chi connectivity index (χ4n) is 4.51. The Balaban J connectivity index is 1.63. The molecule has 1 aliphatic carbocycles. The Labute approximate surface area is 147 Å². The summed E-state index contributed by atoms with van der Waals surface area (Å²) in [5, 5.41) is 21.0. The molecule has 2 aromatic rings. The van der Waals surface area contributed by atoms with Crippen molar-refractivity contribution in [3.8, 4) is 6.07 Å². The van der Waals surface area contributed by atoms with Crippen LogP contribution in [-0.2, 0) is 4.74 Å². The normalized spacial score (nSPS) is 24.9. The third-order valence-electron chi connectivity index (χ3n) is 5.99. The molecule has 0 bridgehead atoms. The number of hydrogen-bond donors (Lipinski definition) is 1. The lowest BCUT2D eigenvalue weighted by molar-refractivity contribution is -0.199. The smallest absolute Gasteiger partial charge is 0.103 e. The van der Waals surface area contributed by atoms with Gasteiger partial charge in [0, 0.05) is 43.1 Å². The van der Waals surface area contributed by atoms with Crippen LogP contribution < -0.4 is 4.90 Å². The molecule has 1 spiro atoms. The van der Waals surface area contributed by atoms with Crippen LogP contribution in [0.15, 0.2) is 30.5 Å². The Morgan fingerprint density at radius 2 is 2.12 bits per heavy atom. The third kappa shape index (κ3) is 2.48. The molecule has 2 fully saturated rings. The average Bonchev–Trinajstić information content (AvgIpc) is 2.67. The van der Waals surface area contributed by atoms with Gasteiger partial charge in [0.1, 0.15) is 6.07 Å². The zero-order valence-corrected chi connectivity index (χ0v) is 14.5. The zero-order chi connectivity index (χ0) is 17.4. The molecule has 1 N–H and O–H groups in total. The number of benzene rings is 1. The van der Waals surface area contributed by atoms with E-state index in [-0.39, 0.29) is 17.6 Å². The highest BCUT2D eigenvalue weighted by molar-refractivity contribution is 5.94. The predicted octanol–water partition coefficient (Wildman–Crippen LogP) is 2.86. The van der Waals surface area contributed by atoms with E-state index in [4.69, 9.17) is 4.74 Å². The van der Waals surface area contributed by atoms with E-state index in [0.29, 0.717) is 12.2 Å². The number of aliphatic hydroxyl groups excluding tert-OH is 1. The molecule has 1 aliphatic heterocycles. The van der Waals surface area contributed by atoms with Gasteiger partial charge in [-0.1, -0.05) is 18.2 Å². The lowest BCUT2D eigenvalue weighted by Crippen LogP contribution is -2.62. The van der Waals surface area contributed by atoms with Crippen LogP contribution in [0.5, 0.6) is 0 Å². The molecule has 2 heterocycles. The molecule has 4 rings (SSSR count). The zero-order valence-electron chi connectivity index (χ0n) is 14.5. The lowest BCUT2D eigenvalue weighted by Gasteiger charge is -2.57. The van der Waals surface area contributed by atoms with Gasteiger partial charge in [0.2, 0.25) is 0 Å². The minimum Gasteiger partial charge on any atom is -0.392 e. The van der Waals surface area contributed by atoms with Gasteiger partial charge in [0.15, 0.2) is 0 Å². The van der Waals surface area contributed by atoms with Gasteiger partial charge in [-0.05, 0) is 25.8 Å². The van der Waals surface area contributed by atoms with Crippen LogP contribution >= 0.6 is 0 Å². The summed E-state index contributed by atoms with van der Waals surface area (Å²) in [7, 11) is 0. The van der Waals surface area contributed by atoms with E-state index in [1.165, 1.54) is 0 Å². The summed E-state index contributed by atoms with van der Waals surface area (Å²) in [6.45, 7) is 4.35. The number of hydrogen-bond acceptors (Lipinski definition) is 5. The summed E-state index contributed by atoms with van der Waals surface area (Å²) >= 11 is 0. The highest BCUT2D eigenvalue weighted by Gasteiger charge is 2.56. The van der Waals surface area contributed by atoms with Crippen molar-refractivity contribution >= 4 is 16.6 Å². The van der Waals surface area contributed by atoms with Crippen molar-refractivity contribution < 1.29 is 9.84 Å². The Hall–Kier alpha value is -2.16. The van der Waals surface area contributed by atoms with Crippen molar-refractivity contribution in [1.82, 2.24) is 4.98 Å². The van der Waals surface area contributed by atoms with Crippen LogP contribution in [0.25, 0.3) is 10.9 Å². The highest BCUT2D eigenvalue weighted by atomic mass is 16.5. The van der Waals surface area contributed by atoms with E-state index in [2.05, 4.69) is 16.0 Å². The van der Waals surface area contributed by atoms with Gasteiger partial charge < -0.3 is 14.7 Å². The fourth-order valence-corrected chi connectivity index (χ4v) is 4.51. The molecule has 0 radical (unpaired) electrons. The summed E-state index contributed by atoms with van der Waals surface area (Å²) in [5.41, 5.74) is 2.39. The van der Waals surface area contributed by atoms with Gasteiger partial charge in [-0.25, -0.2) is 0 Å². The van der Waals surface area contributed by atoms with Crippen molar-refractivity contribution in [1.29, 1.82) is 5.26 Å². The molecule has 5 heteroatoms. The Morgan fingerprint density at radius 3 is 2.80 bits per heavy atom. The van der Waals surface area contributed by atoms with Crippen LogP contribution in [0.4, 0.5) is 5.69 Å². The number of nitrogens with zero attached hydrogens (tertiary/aromatic N) is 3. The number of aliphatic hydroxyl groups is 1. The summed E-state index contributed by atoms with van der Waals surface area (Å²) in [4.78, 5) is 6.68. The first-order valence-corrected chi connectivity index (χ1v) is 9.02. The van der Waals surface area contributed by atoms with Crippen molar-refractivity contribution in [3.63, 3.8) is 0 Å². The minimum atomic E-state index is -0.268. The van der Waals surface area contributed by atoms with Gasteiger partial charge >= 0.3 is 0 Å². The first-order valence-electron chi connectivity index (χ1n) is 9.02. The first-order chi connectivity index (χ1) is 12.2. The second kappa shape index (κ2) is 6.29. The quantitative estimate of drug-likeness (QED) is 0.933. The SMILES string of the molecule is CCOC1CC(O)C12CCN(c1c(C#N)cnc3ccccc13)CC2. The number of piperidine rings is 1. The molecule has 2 atom stereocenters. The number of nitriles is 1. The Bertz CT molecular complexity index is 819. The standard InChI is InChI=1S/C20H23N3O2/c1-2-25-18-11-17(24)20(18)7-9-23(10-8-20)19-14(12-21)13-22-16-6-4-3-5-15(16)19/h3-6,13,17-18,24H,2,7-11H2,1H3. The molecule has 1 aromatic carbocycles. The number of para-hydroxylation sites is 1. The number of aromatic nitrogens is 1. The third-order valence-corrected chi connectivity index (χ3v) is 5.99. The van der Waals surface area contributed by atoms with E-state index >= 15 is 0 Å². The second-order valence-corrected chi connectivity index (χ2v) is 7.07. The van der Waals surface area contributed by atoms with Crippen molar-refractivity contribution in [3.05, 3.63) is 36.0 Å². The van der Waals surface area contributed by atoms with Gasteiger partial charge in [-0.15, -0.1) is 0 Å².